The molecule has 0 atom stereocenters. The third-order valence-electron chi connectivity index (χ3n) is 10.8. The SMILES string of the molecule is Cc1cc(-c2[c-]ccc(-c3ccccc3)c2)nc[c]1[Ge]([CH3])([CH3])[CH3].[Ir].[c-]1ccc2c(oc3cc(-c4ccccc4)ccc32)c1-c1cc(C2CCCCC2)ccn1. The van der Waals surface area contributed by atoms with Gasteiger partial charge in [-0.2, -0.15) is 0 Å². The summed E-state index contributed by atoms with van der Waals surface area (Å²) < 4.78 is 7.89. The van der Waals surface area contributed by atoms with Gasteiger partial charge in [0.1, 0.15) is 5.58 Å². The van der Waals surface area contributed by atoms with Crippen LogP contribution in [-0.4, -0.2) is 23.2 Å². The Morgan fingerprint density at radius 3 is 2.02 bits per heavy atom. The third-order valence-corrected chi connectivity index (χ3v) is 15.2. The van der Waals surface area contributed by atoms with Crippen molar-refractivity contribution in [2.75, 3.05) is 0 Å². The Morgan fingerprint density at radius 1 is 0.636 bits per heavy atom. The fourth-order valence-electron chi connectivity index (χ4n) is 7.93. The molecule has 277 valence electrons. The van der Waals surface area contributed by atoms with Crippen LogP contribution in [0.4, 0.5) is 0 Å². The van der Waals surface area contributed by atoms with E-state index in [2.05, 4.69) is 146 Å². The van der Waals surface area contributed by atoms with Gasteiger partial charge in [-0.1, -0.05) is 84.3 Å². The van der Waals surface area contributed by atoms with E-state index in [1.165, 1.54) is 64.3 Å². The van der Waals surface area contributed by atoms with Gasteiger partial charge in [-0.25, -0.2) is 0 Å². The van der Waals surface area contributed by atoms with Crippen LogP contribution in [0.1, 0.15) is 49.1 Å². The number of aryl methyl sites for hydroxylation is 1. The standard InChI is InChI=1S/C29H24NO.C21H22GeN.Ir/c1-3-8-20(9-4-1)22-14-15-24-25-12-7-13-26(29(25)31-28(24)19-22)27-18-23(16-17-30-27)21-10-5-2-6-11-21;1-16-13-21(23-15-20(16)22(2,3)4)19-12-8-11-18(14-19)17-9-6-5-7-10-17;/h1,3-4,7-9,12,14-19,21H,2,5-6,10-11H2;5-11,13-15H,1-4H3;/q2*-1;. The minimum atomic E-state index is -1.85. The number of rotatable bonds is 6. The van der Waals surface area contributed by atoms with E-state index in [-0.39, 0.29) is 20.1 Å². The van der Waals surface area contributed by atoms with Crippen LogP contribution in [0, 0.1) is 19.1 Å². The zero-order valence-electron chi connectivity index (χ0n) is 32.0. The maximum Gasteiger partial charge on any atom is 0.121 e. The first kappa shape index (κ1) is 38.7. The van der Waals surface area contributed by atoms with Gasteiger partial charge in [0.05, 0.1) is 5.58 Å². The van der Waals surface area contributed by atoms with Crippen molar-refractivity contribution >= 4 is 39.6 Å². The number of hydrogen-bond donors (Lipinski definition) is 0. The van der Waals surface area contributed by atoms with E-state index >= 15 is 0 Å². The van der Waals surface area contributed by atoms with Crippen LogP contribution >= 0.6 is 0 Å². The minimum Gasteiger partial charge on any atom is -0.501 e. The number of fused-ring (bicyclic) bond motifs is 3. The molecule has 5 heteroatoms. The van der Waals surface area contributed by atoms with Crippen molar-refractivity contribution < 1.29 is 24.5 Å². The number of aromatic nitrogens is 2. The summed E-state index contributed by atoms with van der Waals surface area (Å²) in [5.41, 5.74) is 13.3. The maximum absolute atomic E-state index is 6.41. The van der Waals surface area contributed by atoms with Gasteiger partial charge in [0.15, 0.2) is 0 Å². The molecule has 5 aromatic carbocycles. The summed E-state index contributed by atoms with van der Waals surface area (Å²) in [6.07, 6.45) is 10.6. The summed E-state index contributed by atoms with van der Waals surface area (Å²) in [6, 6.07) is 51.1. The first-order valence-electron chi connectivity index (χ1n) is 19.3. The first-order chi connectivity index (χ1) is 26.3. The topological polar surface area (TPSA) is 38.9 Å². The molecule has 0 aliphatic heterocycles. The van der Waals surface area contributed by atoms with Crippen LogP contribution < -0.4 is 4.40 Å². The molecular formula is C50H46GeIrN2O-2. The summed E-state index contributed by atoms with van der Waals surface area (Å²) in [5.74, 6) is 7.88. The van der Waals surface area contributed by atoms with Crippen LogP contribution in [-0.2, 0) is 20.1 Å². The van der Waals surface area contributed by atoms with Crippen molar-refractivity contribution in [1.29, 1.82) is 0 Å². The molecule has 3 aromatic heterocycles. The van der Waals surface area contributed by atoms with Gasteiger partial charge in [-0.15, -0.1) is 18.2 Å². The predicted octanol–water partition coefficient (Wildman–Crippen LogP) is 13.2. The molecule has 55 heavy (non-hydrogen) atoms. The van der Waals surface area contributed by atoms with Crippen LogP contribution in [0.3, 0.4) is 0 Å². The second-order valence-electron chi connectivity index (χ2n) is 15.6. The molecule has 3 nitrogen and oxygen atoms in total. The second-order valence-corrected chi connectivity index (χ2v) is 26.1. The second kappa shape index (κ2) is 17.0. The Morgan fingerprint density at radius 2 is 1.33 bits per heavy atom. The Kier molecular flexibility index (Phi) is 12.0. The van der Waals surface area contributed by atoms with Crippen LogP contribution in [0.15, 0.2) is 144 Å². The molecular weight excluding hydrogens is 909 g/mol. The average molecular weight is 956 g/mol. The fourth-order valence-corrected chi connectivity index (χ4v) is 11.5. The molecule has 0 N–H and O–H groups in total. The Balaban J connectivity index is 0.000000174. The Labute approximate surface area is 342 Å². The molecule has 8 aromatic rings. The monoisotopic (exact) mass is 957 g/mol. The van der Waals surface area contributed by atoms with Crippen LogP contribution in [0.5, 0.6) is 0 Å². The van der Waals surface area contributed by atoms with E-state index in [1.54, 1.807) is 0 Å². The molecule has 9 rings (SSSR count). The van der Waals surface area contributed by atoms with Gasteiger partial charge in [0.25, 0.3) is 0 Å². The summed E-state index contributed by atoms with van der Waals surface area (Å²) in [6.45, 7) is 2.21. The summed E-state index contributed by atoms with van der Waals surface area (Å²) >= 11 is -1.85. The molecule has 1 aliphatic carbocycles. The van der Waals surface area contributed by atoms with E-state index < -0.39 is 13.3 Å². The van der Waals surface area contributed by atoms with Gasteiger partial charge < -0.3 is 9.40 Å². The van der Waals surface area contributed by atoms with Crippen molar-refractivity contribution in [3.63, 3.8) is 0 Å². The van der Waals surface area contributed by atoms with Crippen molar-refractivity contribution in [2.45, 2.75) is 62.2 Å². The predicted molar refractivity (Wildman–Crippen MR) is 229 cm³/mol. The number of furan rings is 1. The van der Waals surface area contributed by atoms with E-state index in [0.717, 1.165) is 50.0 Å². The largest absolute Gasteiger partial charge is 0.501 e. The molecule has 0 bridgehead atoms. The van der Waals surface area contributed by atoms with Gasteiger partial charge in [-0.3, -0.25) is 0 Å². The molecule has 3 heterocycles. The molecule has 0 spiro atoms. The number of nitrogens with zero attached hydrogens (tertiary/aromatic N) is 2. The van der Waals surface area contributed by atoms with Crippen molar-refractivity contribution in [2.24, 2.45) is 0 Å². The average Bonchev–Trinajstić information content (AvgIpc) is 3.60. The smallest absolute Gasteiger partial charge is 0.121 e. The van der Waals surface area contributed by atoms with Gasteiger partial charge in [0.2, 0.25) is 0 Å². The molecule has 1 radical (unpaired) electrons. The molecule has 0 saturated heterocycles. The maximum atomic E-state index is 6.41. The first-order valence-corrected chi connectivity index (χ1v) is 26.6. The summed E-state index contributed by atoms with van der Waals surface area (Å²) in [7, 11) is 0. The molecule has 1 fully saturated rings. The van der Waals surface area contributed by atoms with Gasteiger partial charge in [0, 0.05) is 31.7 Å². The number of benzene rings is 5. The summed E-state index contributed by atoms with van der Waals surface area (Å²) in [4.78, 5) is 9.43. The van der Waals surface area contributed by atoms with E-state index in [0.29, 0.717) is 5.92 Å². The van der Waals surface area contributed by atoms with E-state index in [9.17, 15) is 0 Å². The van der Waals surface area contributed by atoms with E-state index in [1.807, 2.05) is 30.5 Å². The molecule has 0 amide bonds. The number of hydrogen-bond acceptors (Lipinski definition) is 3. The van der Waals surface area contributed by atoms with Crippen LogP contribution in [0.2, 0.25) is 17.3 Å². The van der Waals surface area contributed by atoms with E-state index in [4.69, 9.17) is 14.4 Å². The van der Waals surface area contributed by atoms with Gasteiger partial charge in [-0.05, 0) is 47.7 Å². The minimum absolute atomic E-state index is 0. The zero-order chi connectivity index (χ0) is 37.1. The summed E-state index contributed by atoms with van der Waals surface area (Å²) in [5, 5.41) is 2.25. The Bertz CT molecular complexity index is 2530. The molecule has 1 saturated carbocycles. The third kappa shape index (κ3) is 8.63. The Hall–Kier alpha value is -4.61. The molecule has 0 unspecified atom stereocenters. The normalized spacial score (nSPS) is 13.2. The quantitative estimate of drug-likeness (QED) is 0.123. The van der Waals surface area contributed by atoms with Crippen molar-refractivity contribution in [3.05, 3.63) is 163 Å². The zero-order valence-corrected chi connectivity index (χ0v) is 36.5. The fraction of sp³-hybridized carbons (Fsp3) is 0.200. The van der Waals surface area contributed by atoms with Crippen LogP contribution in [0.25, 0.3) is 66.7 Å². The molecule has 1 aliphatic rings. The van der Waals surface area contributed by atoms with Gasteiger partial charge >= 0.3 is 142 Å². The number of pyridine rings is 2. The van der Waals surface area contributed by atoms with Crippen molar-refractivity contribution in [1.82, 2.24) is 9.97 Å². The van der Waals surface area contributed by atoms with Crippen molar-refractivity contribution in [3.8, 4) is 44.8 Å².